The van der Waals surface area contributed by atoms with Gasteiger partial charge < -0.3 is 9.73 Å². The molecule has 0 atom stereocenters. The van der Waals surface area contributed by atoms with Crippen LogP contribution in [-0.4, -0.2) is 21.1 Å². The topological polar surface area (TPSA) is 83.8 Å². The zero-order valence-electron chi connectivity index (χ0n) is 10.1. The summed E-state index contributed by atoms with van der Waals surface area (Å²) in [7, 11) is 0. The number of rotatable bonds is 3. The molecule has 0 fully saturated rings. The van der Waals surface area contributed by atoms with Crippen LogP contribution in [0.3, 0.4) is 0 Å². The second-order valence-corrected chi connectivity index (χ2v) is 4.88. The van der Waals surface area contributed by atoms with Gasteiger partial charge in [0, 0.05) is 16.7 Å². The molecule has 0 unspecified atom stereocenters. The van der Waals surface area contributed by atoms with Gasteiger partial charge in [0.25, 0.3) is 5.91 Å². The Labute approximate surface area is 122 Å². The van der Waals surface area contributed by atoms with Gasteiger partial charge in [-0.25, -0.2) is 4.98 Å². The third-order valence-corrected chi connectivity index (χ3v) is 3.04. The van der Waals surface area contributed by atoms with Crippen molar-refractivity contribution in [3.05, 3.63) is 53.0 Å². The van der Waals surface area contributed by atoms with E-state index in [1.54, 1.807) is 42.8 Å². The maximum absolute atomic E-state index is 12.0. The summed E-state index contributed by atoms with van der Waals surface area (Å²) < 4.78 is 6.07. The van der Waals surface area contributed by atoms with Gasteiger partial charge in [0.15, 0.2) is 11.5 Å². The van der Waals surface area contributed by atoms with E-state index in [0.29, 0.717) is 17.3 Å². The Hall–Kier alpha value is -2.41. The molecule has 0 aromatic carbocycles. The summed E-state index contributed by atoms with van der Waals surface area (Å²) in [5, 5.41) is 9.36. The van der Waals surface area contributed by atoms with E-state index in [2.05, 4.69) is 36.4 Å². The van der Waals surface area contributed by atoms with E-state index in [1.807, 2.05) is 0 Å². The van der Waals surface area contributed by atoms with Gasteiger partial charge in [-0.2, -0.15) is 5.10 Å². The summed E-state index contributed by atoms with van der Waals surface area (Å²) in [6.07, 6.45) is 3.16. The SMILES string of the molecule is O=C(Nc1ccc(Br)cn1)c1cc(-c2ccco2)[nH]n1. The fraction of sp³-hybridized carbons (Fsp3) is 0. The molecule has 0 aliphatic carbocycles. The third-order valence-electron chi connectivity index (χ3n) is 2.57. The lowest BCUT2D eigenvalue weighted by Crippen LogP contribution is -2.13. The molecule has 0 saturated heterocycles. The van der Waals surface area contributed by atoms with Crippen LogP contribution >= 0.6 is 15.9 Å². The highest BCUT2D eigenvalue weighted by molar-refractivity contribution is 9.10. The molecule has 3 aromatic heterocycles. The number of H-pyrrole nitrogens is 1. The normalized spacial score (nSPS) is 10.4. The number of amides is 1. The first-order valence-corrected chi connectivity index (χ1v) is 6.54. The van der Waals surface area contributed by atoms with Crippen molar-refractivity contribution in [1.29, 1.82) is 0 Å². The standard InChI is InChI=1S/C13H9BrN4O2/c14-8-3-4-12(15-7-8)16-13(19)10-6-9(17-18-10)11-2-1-5-20-11/h1-7H,(H,17,18)(H,15,16,19). The first-order chi connectivity index (χ1) is 9.72. The molecule has 0 spiro atoms. The Balaban J connectivity index is 1.76. The molecule has 3 aromatic rings. The van der Waals surface area contributed by atoms with Crippen molar-refractivity contribution < 1.29 is 9.21 Å². The molecule has 1 amide bonds. The van der Waals surface area contributed by atoms with Gasteiger partial charge in [-0.3, -0.25) is 9.89 Å². The second kappa shape index (κ2) is 5.30. The van der Waals surface area contributed by atoms with Crippen molar-refractivity contribution in [3.8, 4) is 11.5 Å². The van der Waals surface area contributed by atoms with E-state index in [9.17, 15) is 4.79 Å². The fourth-order valence-corrected chi connectivity index (χ4v) is 1.86. The van der Waals surface area contributed by atoms with Crippen LogP contribution in [0.4, 0.5) is 5.82 Å². The van der Waals surface area contributed by atoms with Gasteiger partial charge >= 0.3 is 0 Å². The molecular weight excluding hydrogens is 324 g/mol. The summed E-state index contributed by atoms with van der Waals surface area (Å²) in [5.41, 5.74) is 0.907. The highest BCUT2D eigenvalue weighted by Gasteiger charge is 2.13. The van der Waals surface area contributed by atoms with E-state index < -0.39 is 0 Å². The Bertz CT molecular complexity index is 719. The second-order valence-electron chi connectivity index (χ2n) is 3.96. The van der Waals surface area contributed by atoms with Gasteiger partial charge in [-0.05, 0) is 40.2 Å². The fourth-order valence-electron chi connectivity index (χ4n) is 1.63. The molecule has 6 nitrogen and oxygen atoms in total. The van der Waals surface area contributed by atoms with Crippen LogP contribution < -0.4 is 5.32 Å². The first-order valence-electron chi connectivity index (χ1n) is 5.74. The number of carbonyl (C=O) groups excluding carboxylic acids is 1. The molecule has 20 heavy (non-hydrogen) atoms. The number of halogens is 1. The quantitative estimate of drug-likeness (QED) is 0.771. The van der Waals surface area contributed by atoms with Crippen LogP contribution in [0.1, 0.15) is 10.5 Å². The van der Waals surface area contributed by atoms with Gasteiger partial charge in [0.2, 0.25) is 0 Å². The van der Waals surface area contributed by atoms with Crippen LogP contribution in [0.15, 0.2) is 51.7 Å². The number of furan rings is 1. The number of nitrogens with one attached hydrogen (secondary N) is 2. The number of pyridine rings is 1. The highest BCUT2D eigenvalue weighted by atomic mass is 79.9. The van der Waals surface area contributed by atoms with Gasteiger partial charge in [-0.15, -0.1) is 0 Å². The van der Waals surface area contributed by atoms with E-state index in [4.69, 9.17) is 4.42 Å². The minimum absolute atomic E-state index is 0.265. The summed E-state index contributed by atoms with van der Waals surface area (Å²) in [5.74, 6) is 0.743. The molecule has 0 bridgehead atoms. The molecule has 2 N–H and O–H groups in total. The zero-order valence-corrected chi connectivity index (χ0v) is 11.7. The largest absolute Gasteiger partial charge is 0.463 e. The molecule has 0 radical (unpaired) electrons. The number of hydrogen-bond acceptors (Lipinski definition) is 4. The summed E-state index contributed by atoms with van der Waals surface area (Å²) in [6, 6.07) is 8.66. The molecule has 0 saturated carbocycles. The number of aromatic nitrogens is 3. The van der Waals surface area contributed by atoms with Crippen LogP contribution in [-0.2, 0) is 0 Å². The Morgan fingerprint density at radius 1 is 1.35 bits per heavy atom. The number of carbonyl (C=O) groups is 1. The lowest BCUT2D eigenvalue weighted by Gasteiger charge is -2.01. The van der Waals surface area contributed by atoms with Crippen molar-refractivity contribution in [2.45, 2.75) is 0 Å². The smallest absolute Gasteiger partial charge is 0.277 e. The van der Waals surface area contributed by atoms with E-state index >= 15 is 0 Å². The number of anilines is 1. The van der Waals surface area contributed by atoms with Crippen LogP contribution in [0.2, 0.25) is 0 Å². The van der Waals surface area contributed by atoms with Crippen LogP contribution in [0.25, 0.3) is 11.5 Å². The van der Waals surface area contributed by atoms with Crippen molar-refractivity contribution in [2.75, 3.05) is 5.32 Å². The number of hydrogen-bond donors (Lipinski definition) is 2. The molecular formula is C13H9BrN4O2. The zero-order chi connectivity index (χ0) is 13.9. The van der Waals surface area contributed by atoms with Crippen LogP contribution in [0.5, 0.6) is 0 Å². The monoisotopic (exact) mass is 332 g/mol. The minimum atomic E-state index is -0.339. The molecule has 3 heterocycles. The molecule has 0 aliphatic rings. The predicted molar refractivity (Wildman–Crippen MR) is 76.2 cm³/mol. The highest BCUT2D eigenvalue weighted by Crippen LogP contribution is 2.18. The summed E-state index contributed by atoms with van der Waals surface area (Å²) in [4.78, 5) is 16.1. The van der Waals surface area contributed by atoms with E-state index in [-0.39, 0.29) is 11.6 Å². The predicted octanol–water partition coefficient (Wildman–Crippen LogP) is 3.08. The van der Waals surface area contributed by atoms with E-state index in [0.717, 1.165) is 4.47 Å². The summed E-state index contributed by atoms with van der Waals surface area (Å²) >= 11 is 3.28. The number of aromatic amines is 1. The average Bonchev–Trinajstić information content (AvgIpc) is 3.11. The molecule has 3 rings (SSSR count). The molecule has 0 aliphatic heterocycles. The van der Waals surface area contributed by atoms with Crippen molar-refractivity contribution in [2.24, 2.45) is 0 Å². The lowest BCUT2D eigenvalue weighted by molar-refractivity contribution is 0.102. The maximum atomic E-state index is 12.0. The maximum Gasteiger partial charge on any atom is 0.277 e. The van der Waals surface area contributed by atoms with Gasteiger partial charge in [-0.1, -0.05) is 0 Å². The first kappa shape index (κ1) is 12.6. The van der Waals surface area contributed by atoms with Crippen molar-refractivity contribution in [1.82, 2.24) is 15.2 Å². The van der Waals surface area contributed by atoms with E-state index in [1.165, 1.54) is 0 Å². The summed E-state index contributed by atoms with van der Waals surface area (Å²) in [6.45, 7) is 0. The third kappa shape index (κ3) is 2.62. The Kier molecular flexibility index (Phi) is 3.34. The van der Waals surface area contributed by atoms with Gasteiger partial charge in [0.05, 0.1) is 6.26 Å². The molecule has 100 valence electrons. The average molecular weight is 333 g/mol. The number of nitrogens with zero attached hydrogens (tertiary/aromatic N) is 2. The lowest BCUT2D eigenvalue weighted by atomic mass is 10.3. The Morgan fingerprint density at radius 2 is 2.25 bits per heavy atom. The minimum Gasteiger partial charge on any atom is -0.463 e. The van der Waals surface area contributed by atoms with Crippen molar-refractivity contribution in [3.63, 3.8) is 0 Å². The van der Waals surface area contributed by atoms with Crippen molar-refractivity contribution >= 4 is 27.7 Å². The Morgan fingerprint density at radius 3 is 2.95 bits per heavy atom. The van der Waals surface area contributed by atoms with Gasteiger partial charge in [0.1, 0.15) is 11.5 Å². The van der Waals surface area contributed by atoms with Crippen LogP contribution in [0, 0.1) is 0 Å². The molecule has 7 heteroatoms.